The fraction of sp³-hybridized carbons (Fsp3) is 0.417. The van der Waals surface area contributed by atoms with Crippen LogP contribution in [0.4, 0.5) is 0 Å². The zero-order valence-electron chi connectivity index (χ0n) is 16.3. The topological polar surface area (TPSA) is 60.7 Å². The lowest BCUT2D eigenvalue weighted by Gasteiger charge is -2.12. The predicted octanol–water partition coefficient (Wildman–Crippen LogP) is 7.19. The minimum atomic E-state index is 0.0426. The first kappa shape index (κ1) is 20.9. The van der Waals surface area contributed by atoms with Crippen LogP contribution in [0.2, 0.25) is 0 Å². The summed E-state index contributed by atoms with van der Waals surface area (Å²) in [5, 5.41) is 31.0. The molecule has 0 amide bonds. The zero-order valence-corrected chi connectivity index (χ0v) is 16.3. The normalized spacial score (nSPS) is 11.7. The van der Waals surface area contributed by atoms with E-state index < -0.39 is 0 Å². The number of rotatable bonds is 11. The summed E-state index contributed by atoms with van der Waals surface area (Å²) in [5.41, 5.74) is 1.51. The van der Waals surface area contributed by atoms with Gasteiger partial charge in [-0.25, -0.2) is 0 Å². The summed E-state index contributed by atoms with van der Waals surface area (Å²) in [4.78, 5) is 0. The number of hydrogen-bond donors (Lipinski definition) is 3. The average molecular weight is 369 g/mol. The third-order valence-electron chi connectivity index (χ3n) is 4.89. The van der Waals surface area contributed by atoms with Crippen LogP contribution < -0.4 is 0 Å². The molecule has 0 aliphatic rings. The van der Waals surface area contributed by atoms with E-state index in [2.05, 4.69) is 6.92 Å². The Bertz CT molecular complexity index is 734. The van der Waals surface area contributed by atoms with E-state index in [1.54, 1.807) is 42.5 Å². The molecule has 3 heteroatoms. The summed E-state index contributed by atoms with van der Waals surface area (Å²) in [6, 6.07) is 11.9. The summed E-state index contributed by atoms with van der Waals surface area (Å²) in [6.45, 7) is 2.23. The van der Waals surface area contributed by atoms with E-state index in [-0.39, 0.29) is 17.3 Å². The molecule has 27 heavy (non-hydrogen) atoms. The molecule has 0 heterocycles. The number of aliphatic hydroxyl groups is 1. The number of phenolic OH excluding ortho intramolecular Hbond substituents is 2. The minimum Gasteiger partial charge on any atom is -0.508 e. The van der Waals surface area contributed by atoms with E-state index in [9.17, 15) is 15.3 Å². The second-order valence-electron chi connectivity index (χ2n) is 7.07. The number of unbranched alkanes of at least 4 members (excludes halogenated alkanes) is 8. The smallest absolute Gasteiger partial charge is 0.124 e. The molecular formula is C24H32O3. The van der Waals surface area contributed by atoms with Gasteiger partial charge in [-0.1, -0.05) is 82.2 Å². The number of allylic oxidation sites excluding steroid dienone is 1. The molecule has 0 saturated heterocycles. The molecule has 2 aromatic rings. The number of para-hydroxylation sites is 1. The first-order valence-electron chi connectivity index (χ1n) is 10.1. The van der Waals surface area contributed by atoms with Crippen LogP contribution in [-0.4, -0.2) is 15.3 Å². The maximum atomic E-state index is 10.5. The van der Waals surface area contributed by atoms with Crippen LogP contribution in [-0.2, 0) is 0 Å². The van der Waals surface area contributed by atoms with Gasteiger partial charge in [-0.3, -0.25) is 0 Å². The largest absolute Gasteiger partial charge is 0.508 e. The molecule has 0 spiro atoms. The van der Waals surface area contributed by atoms with Crippen molar-refractivity contribution in [2.24, 2.45) is 0 Å². The predicted molar refractivity (Wildman–Crippen MR) is 113 cm³/mol. The highest BCUT2D eigenvalue weighted by Crippen LogP contribution is 2.39. The van der Waals surface area contributed by atoms with Crippen LogP contribution in [0, 0.1) is 0 Å². The van der Waals surface area contributed by atoms with Gasteiger partial charge in [-0.2, -0.15) is 0 Å². The van der Waals surface area contributed by atoms with Crippen molar-refractivity contribution < 1.29 is 15.3 Å². The van der Waals surface area contributed by atoms with Crippen LogP contribution in [0.3, 0.4) is 0 Å². The molecule has 0 aliphatic carbocycles. The van der Waals surface area contributed by atoms with E-state index >= 15 is 0 Å². The van der Waals surface area contributed by atoms with E-state index in [1.165, 1.54) is 44.9 Å². The van der Waals surface area contributed by atoms with Crippen LogP contribution >= 0.6 is 0 Å². The summed E-state index contributed by atoms with van der Waals surface area (Å²) in [7, 11) is 0. The lowest BCUT2D eigenvalue weighted by Crippen LogP contribution is -1.91. The Hall–Kier alpha value is -2.42. The van der Waals surface area contributed by atoms with Gasteiger partial charge in [0, 0.05) is 16.7 Å². The molecule has 3 nitrogen and oxygen atoms in total. The Morgan fingerprint density at radius 3 is 2.11 bits per heavy atom. The number of hydrogen-bond acceptors (Lipinski definition) is 3. The zero-order chi connectivity index (χ0) is 19.5. The van der Waals surface area contributed by atoms with Gasteiger partial charge >= 0.3 is 0 Å². The molecule has 0 radical (unpaired) electrons. The van der Waals surface area contributed by atoms with E-state index in [4.69, 9.17) is 0 Å². The fourth-order valence-corrected chi connectivity index (χ4v) is 3.35. The Labute approximate surface area is 163 Å². The summed E-state index contributed by atoms with van der Waals surface area (Å²) >= 11 is 0. The summed E-state index contributed by atoms with van der Waals surface area (Å²) < 4.78 is 0. The van der Waals surface area contributed by atoms with E-state index in [0.717, 1.165) is 12.8 Å². The third kappa shape index (κ3) is 6.35. The number of phenols is 2. The van der Waals surface area contributed by atoms with Gasteiger partial charge in [0.1, 0.15) is 17.3 Å². The van der Waals surface area contributed by atoms with Gasteiger partial charge in [-0.05, 0) is 31.1 Å². The van der Waals surface area contributed by atoms with Crippen LogP contribution in [0.25, 0.3) is 16.9 Å². The fourth-order valence-electron chi connectivity index (χ4n) is 3.35. The highest BCUT2D eigenvalue weighted by atomic mass is 16.3. The van der Waals surface area contributed by atoms with Gasteiger partial charge in [0.05, 0.1) is 0 Å². The monoisotopic (exact) mass is 368 g/mol. The first-order chi connectivity index (χ1) is 13.1. The van der Waals surface area contributed by atoms with Gasteiger partial charge in [0.15, 0.2) is 0 Å². The molecule has 3 N–H and O–H groups in total. The van der Waals surface area contributed by atoms with Gasteiger partial charge in [-0.15, -0.1) is 0 Å². The number of aromatic hydroxyl groups is 2. The second-order valence-corrected chi connectivity index (χ2v) is 7.07. The van der Waals surface area contributed by atoms with Gasteiger partial charge in [0.25, 0.3) is 0 Å². The summed E-state index contributed by atoms with van der Waals surface area (Å²) in [6.07, 6.45) is 12.6. The van der Waals surface area contributed by atoms with Crippen LogP contribution in [0.1, 0.15) is 70.3 Å². The molecule has 0 unspecified atom stereocenters. The maximum absolute atomic E-state index is 10.5. The maximum Gasteiger partial charge on any atom is 0.124 e. The molecule has 0 atom stereocenters. The van der Waals surface area contributed by atoms with Crippen molar-refractivity contribution in [2.45, 2.75) is 64.7 Å². The highest BCUT2D eigenvalue weighted by Gasteiger charge is 2.15. The van der Waals surface area contributed by atoms with Crippen molar-refractivity contribution >= 4 is 5.76 Å². The SMILES string of the molecule is CCCCCCCCCCC=C(O)c1cccc(O)c1-c1ccccc1O. The van der Waals surface area contributed by atoms with E-state index in [1.807, 2.05) is 6.08 Å². The molecule has 0 aromatic heterocycles. The van der Waals surface area contributed by atoms with Crippen molar-refractivity contribution in [2.75, 3.05) is 0 Å². The van der Waals surface area contributed by atoms with Crippen molar-refractivity contribution in [1.82, 2.24) is 0 Å². The molecule has 2 rings (SSSR count). The van der Waals surface area contributed by atoms with Gasteiger partial charge in [0.2, 0.25) is 0 Å². The minimum absolute atomic E-state index is 0.0426. The lowest BCUT2D eigenvalue weighted by molar-refractivity contribution is 0.467. The highest BCUT2D eigenvalue weighted by molar-refractivity contribution is 5.85. The van der Waals surface area contributed by atoms with Crippen molar-refractivity contribution in [1.29, 1.82) is 0 Å². The number of benzene rings is 2. The van der Waals surface area contributed by atoms with Crippen molar-refractivity contribution in [3.63, 3.8) is 0 Å². The summed E-state index contributed by atoms with van der Waals surface area (Å²) in [5.74, 6) is 0.268. The average Bonchev–Trinajstić information content (AvgIpc) is 2.67. The Kier molecular flexibility index (Phi) is 8.76. The van der Waals surface area contributed by atoms with Crippen LogP contribution in [0.5, 0.6) is 11.5 Å². The molecular weight excluding hydrogens is 336 g/mol. The second kappa shape index (κ2) is 11.3. The Morgan fingerprint density at radius 1 is 0.778 bits per heavy atom. The van der Waals surface area contributed by atoms with Crippen molar-refractivity contribution in [3.8, 4) is 22.6 Å². The molecule has 146 valence electrons. The Morgan fingerprint density at radius 2 is 1.41 bits per heavy atom. The third-order valence-corrected chi connectivity index (χ3v) is 4.89. The molecule has 0 bridgehead atoms. The number of aliphatic hydroxyl groups excluding tert-OH is 1. The lowest BCUT2D eigenvalue weighted by atomic mass is 9.96. The first-order valence-corrected chi connectivity index (χ1v) is 10.1. The molecule has 0 saturated carbocycles. The molecule has 2 aromatic carbocycles. The molecule has 0 fully saturated rings. The molecule has 0 aliphatic heterocycles. The van der Waals surface area contributed by atoms with Crippen molar-refractivity contribution in [3.05, 3.63) is 54.1 Å². The van der Waals surface area contributed by atoms with Gasteiger partial charge < -0.3 is 15.3 Å². The van der Waals surface area contributed by atoms with Crippen LogP contribution in [0.15, 0.2) is 48.5 Å². The Balaban J connectivity index is 1.96. The quantitative estimate of drug-likeness (QED) is 0.290. The standard InChI is InChI=1S/C24H32O3/c1-2-3-4-5-6-7-8-9-10-16-21(25)20-15-13-18-23(27)24(20)19-14-11-12-17-22(19)26/h11-18,25-27H,2-10H2,1H3. The van der Waals surface area contributed by atoms with E-state index in [0.29, 0.717) is 16.7 Å².